The second kappa shape index (κ2) is 7.21. The summed E-state index contributed by atoms with van der Waals surface area (Å²) in [6, 6.07) is 7.13. The SMILES string of the molecule is CCC1CCC(Br)C(CCc2ccccc2[N+](=O)[O-])C1. The van der Waals surface area contributed by atoms with Gasteiger partial charge in [0.25, 0.3) is 5.69 Å². The van der Waals surface area contributed by atoms with Crippen molar-refractivity contribution >= 4 is 21.6 Å². The average molecular weight is 340 g/mol. The zero-order chi connectivity index (χ0) is 14.5. The van der Waals surface area contributed by atoms with E-state index in [1.54, 1.807) is 12.1 Å². The molecule has 1 saturated carbocycles. The van der Waals surface area contributed by atoms with Crippen molar-refractivity contribution in [3.8, 4) is 0 Å². The minimum Gasteiger partial charge on any atom is -0.258 e. The Morgan fingerprint density at radius 1 is 1.35 bits per heavy atom. The summed E-state index contributed by atoms with van der Waals surface area (Å²) in [4.78, 5) is 11.3. The maximum absolute atomic E-state index is 11.0. The van der Waals surface area contributed by atoms with Gasteiger partial charge in [-0.1, -0.05) is 47.5 Å². The van der Waals surface area contributed by atoms with E-state index in [9.17, 15) is 10.1 Å². The number of halogens is 1. The summed E-state index contributed by atoms with van der Waals surface area (Å²) in [6.07, 6.45) is 6.90. The first-order valence-corrected chi connectivity index (χ1v) is 8.39. The topological polar surface area (TPSA) is 43.1 Å². The zero-order valence-corrected chi connectivity index (χ0v) is 13.5. The van der Waals surface area contributed by atoms with E-state index in [-0.39, 0.29) is 10.6 Å². The van der Waals surface area contributed by atoms with Crippen LogP contribution < -0.4 is 0 Å². The maximum Gasteiger partial charge on any atom is 0.272 e. The van der Waals surface area contributed by atoms with Crippen molar-refractivity contribution in [2.24, 2.45) is 11.8 Å². The second-order valence-corrected chi connectivity index (χ2v) is 6.96. The van der Waals surface area contributed by atoms with Crippen LogP contribution in [0.4, 0.5) is 5.69 Å². The van der Waals surface area contributed by atoms with Crippen molar-refractivity contribution in [1.82, 2.24) is 0 Å². The van der Waals surface area contributed by atoms with Crippen LogP contribution in [0.15, 0.2) is 24.3 Å². The van der Waals surface area contributed by atoms with Gasteiger partial charge in [0, 0.05) is 16.5 Å². The molecule has 0 saturated heterocycles. The number of benzene rings is 1. The lowest BCUT2D eigenvalue weighted by atomic mass is 9.78. The predicted octanol–water partition coefficient (Wildman–Crippen LogP) is 5.12. The largest absolute Gasteiger partial charge is 0.272 e. The van der Waals surface area contributed by atoms with E-state index in [0.717, 1.165) is 24.3 Å². The van der Waals surface area contributed by atoms with Gasteiger partial charge in [-0.25, -0.2) is 0 Å². The summed E-state index contributed by atoms with van der Waals surface area (Å²) < 4.78 is 0. The van der Waals surface area contributed by atoms with Crippen molar-refractivity contribution in [1.29, 1.82) is 0 Å². The highest BCUT2D eigenvalue weighted by Crippen LogP contribution is 2.38. The average Bonchev–Trinajstić information content (AvgIpc) is 2.46. The molecule has 0 heterocycles. The van der Waals surface area contributed by atoms with Crippen LogP contribution in [0.1, 0.15) is 44.6 Å². The number of alkyl halides is 1. The minimum atomic E-state index is -0.267. The number of hydrogen-bond acceptors (Lipinski definition) is 2. The van der Waals surface area contributed by atoms with Gasteiger partial charge in [-0.3, -0.25) is 10.1 Å². The van der Waals surface area contributed by atoms with Gasteiger partial charge >= 0.3 is 0 Å². The highest BCUT2D eigenvalue weighted by atomic mass is 79.9. The molecular weight excluding hydrogens is 318 g/mol. The lowest BCUT2D eigenvalue weighted by molar-refractivity contribution is -0.385. The third kappa shape index (κ3) is 3.81. The first-order valence-electron chi connectivity index (χ1n) is 7.48. The van der Waals surface area contributed by atoms with Crippen molar-refractivity contribution in [3.05, 3.63) is 39.9 Å². The Bertz CT molecular complexity index is 464. The summed E-state index contributed by atoms with van der Waals surface area (Å²) in [5.74, 6) is 1.48. The molecule has 0 N–H and O–H groups in total. The first-order chi connectivity index (χ1) is 9.61. The highest BCUT2D eigenvalue weighted by molar-refractivity contribution is 9.09. The standard InChI is InChI=1S/C16H22BrNO2/c1-2-12-7-10-15(17)14(11-12)9-8-13-5-3-4-6-16(13)18(19)20/h3-6,12,14-15H,2,7-11H2,1H3. The van der Waals surface area contributed by atoms with Crippen molar-refractivity contribution in [2.45, 2.75) is 50.3 Å². The predicted molar refractivity (Wildman–Crippen MR) is 85.3 cm³/mol. The molecular formula is C16H22BrNO2. The fraction of sp³-hybridized carbons (Fsp3) is 0.625. The van der Waals surface area contributed by atoms with E-state index in [1.807, 2.05) is 12.1 Å². The first kappa shape index (κ1) is 15.5. The molecule has 0 aliphatic heterocycles. The van der Waals surface area contributed by atoms with E-state index in [2.05, 4.69) is 22.9 Å². The van der Waals surface area contributed by atoms with Gasteiger partial charge in [-0.05, 0) is 43.9 Å². The van der Waals surface area contributed by atoms with Crippen LogP contribution in [-0.2, 0) is 6.42 Å². The monoisotopic (exact) mass is 339 g/mol. The Morgan fingerprint density at radius 3 is 2.80 bits per heavy atom. The summed E-state index contributed by atoms with van der Waals surface area (Å²) in [7, 11) is 0. The smallest absolute Gasteiger partial charge is 0.258 e. The summed E-state index contributed by atoms with van der Waals surface area (Å²) in [5, 5.41) is 11.0. The molecule has 3 unspecified atom stereocenters. The van der Waals surface area contributed by atoms with Crippen molar-refractivity contribution in [2.75, 3.05) is 0 Å². The molecule has 2 rings (SSSR count). The molecule has 0 amide bonds. The highest BCUT2D eigenvalue weighted by Gasteiger charge is 2.28. The van der Waals surface area contributed by atoms with Gasteiger partial charge in [0.1, 0.15) is 0 Å². The van der Waals surface area contributed by atoms with Crippen LogP contribution >= 0.6 is 15.9 Å². The number of hydrogen-bond donors (Lipinski definition) is 0. The Hall–Kier alpha value is -0.900. The van der Waals surface area contributed by atoms with Crippen LogP contribution in [-0.4, -0.2) is 9.75 Å². The molecule has 110 valence electrons. The third-order valence-electron chi connectivity index (χ3n) is 4.55. The van der Waals surface area contributed by atoms with Crippen LogP contribution in [0.2, 0.25) is 0 Å². The number of nitro groups is 1. The minimum absolute atomic E-state index is 0.265. The Labute approximate surface area is 129 Å². The molecule has 3 atom stereocenters. The quantitative estimate of drug-likeness (QED) is 0.424. The summed E-state index contributed by atoms with van der Waals surface area (Å²) in [6.45, 7) is 2.26. The molecule has 1 aromatic rings. The van der Waals surface area contributed by atoms with Gasteiger partial charge in [0.15, 0.2) is 0 Å². The number of aryl methyl sites for hydroxylation is 1. The lowest BCUT2D eigenvalue weighted by Gasteiger charge is -2.32. The van der Waals surface area contributed by atoms with Crippen molar-refractivity contribution < 1.29 is 4.92 Å². The number of para-hydroxylation sites is 1. The molecule has 0 bridgehead atoms. The molecule has 1 aliphatic carbocycles. The number of nitrogens with zero attached hydrogens (tertiary/aromatic N) is 1. The lowest BCUT2D eigenvalue weighted by Crippen LogP contribution is -2.25. The molecule has 0 radical (unpaired) electrons. The number of rotatable bonds is 5. The fourth-order valence-corrected chi connectivity index (χ4v) is 3.98. The summed E-state index contributed by atoms with van der Waals surface area (Å²) in [5.41, 5.74) is 1.14. The summed E-state index contributed by atoms with van der Waals surface area (Å²) >= 11 is 3.80. The van der Waals surface area contributed by atoms with E-state index in [4.69, 9.17) is 0 Å². The van der Waals surface area contributed by atoms with E-state index < -0.39 is 0 Å². The van der Waals surface area contributed by atoms with E-state index in [1.165, 1.54) is 25.7 Å². The number of nitro benzene ring substituents is 1. The van der Waals surface area contributed by atoms with Gasteiger partial charge < -0.3 is 0 Å². The normalized spacial score (nSPS) is 26.4. The van der Waals surface area contributed by atoms with E-state index in [0.29, 0.717) is 10.7 Å². The van der Waals surface area contributed by atoms with Gasteiger partial charge in [0.2, 0.25) is 0 Å². The maximum atomic E-state index is 11.0. The Balaban J connectivity index is 1.99. The molecule has 1 aliphatic rings. The zero-order valence-electron chi connectivity index (χ0n) is 11.9. The molecule has 3 nitrogen and oxygen atoms in total. The van der Waals surface area contributed by atoms with Gasteiger partial charge in [0.05, 0.1) is 4.92 Å². The van der Waals surface area contributed by atoms with Crippen LogP contribution in [0.25, 0.3) is 0 Å². The van der Waals surface area contributed by atoms with Gasteiger partial charge in [-0.15, -0.1) is 0 Å². The van der Waals surface area contributed by atoms with Crippen LogP contribution in [0.5, 0.6) is 0 Å². The third-order valence-corrected chi connectivity index (χ3v) is 5.75. The molecule has 4 heteroatoms. The molecule has 1 fully saturated rings. The van der Waals surface area contributed by atoms with Crippen LogP contribution in [0.3, 0.4) is 0 Å². The fourth-order valence-electron chi connectivity index (χ4n) is 3.24. The van der Waals surface area contributed by atoms with Crippen LogP contribution in [0, 0.1) is 22.0 Å². The Morgan fingerprint density at radius 2 is 2.10 bits per heavy atom. The Kier molecular flexibility index (Phi) is 5.58. The second-order valence-electron chi connectivity index (χ2n) is 5.79. The molecule has 0 spiro atoms. The molecule has 1 aromatic carbocycles. The van der Waals surface area contributed by atoms with Gasteiger partial charge in [-0.2, -0.15) is 0 Å². The molecule has 0 aromatic heterocycles. The van der Waals surface area contributed by atoms with E-state index >= 15 is 0 Å². The van der Waals surface area contributed by atoms with Crippen molar-refractivity contribution in [3.63, 3.8) is 0 Å². The molecule has 20 heavy (non-hydrogen) atoms.